The summed E-state index contributed by atoms with van der Waals surface area (Å²) in [5, 5.41) is 10.0. The highest BCUT2D eigenvalue weighted by Gasteiger charge is 2.34. The van der Waals surface area contributed by atoms with Crippen LogP contribution in [0.1, 0.15) is 36.1 Å². The van der Waals surface area contributed by atoms with E-state index in [0.717, 1.165) is 16.8 Å². The molecule has 1 aliphatic rings. The van der Waals surface area contributed by atoms with Gasteiger partial charge in [-0.15, -0.1) is 11.8 Å². The number of hydrogen-bond donors (Lipinski definition) is 1. The topological polar surface area (TPSA) is 57.6 Å². The van der Waals surface area contributed by atoms with Crippen molar-refractivity contribution in [3.63, 3.8) is 0 Å². The van der Waals surface area contributed by atoms with E-state index in [1.165, 1.54) is 11.8 Å². The summed E-state index contributed by atoms with van der Waals surface area (Å²) in [6, 6.07) is 12.9. The number of anilines is 1. The molecule has 1 heterocycles. The number of rotatable bonds is 4. The Kier molecular flexibility index (Phi) is 6.35. The molecule has 1 aliphatic heterocycles. The number of carboxylic acid groups (broad SMARTS) is 1. The van der Waals surface area contributed by atoms with Crippen LogP contribution in [0, 0.1) is 0 Å². The van der Waals surface area contributed by atoms with Gasteiger partial charge in [-0.25, -0.2) is 0 Å². The quantitative estimate of drug-likeness (QED) is 0.713. The van der Waals surface area contributed by atoms with Gasteiger partial charge >= 0.3 is 5.97 Å². The Morgan fingerprint density at radius 1 is 1.19 bits per heavy atom. The lowest BCUT2D eigenvalue weighted by molar-refractivity contribution is -0.137. The summed E-state index contributed by atoms with van der Waals surface area (Å²) in [6.45, 7) is 2.13. The molecule has 0 bridgehead atoms. The van der Waals surface area contributed by atoms with Crippen LogP contribution in [-0.2, 0) is 9.59 Å². The molecule has 0 fully saturated rings. The van der Waals surface area contributed by atoms with Gasteiger partial charge in [0.2, 0.25) is 5.91 Å². The number of carbonyl (C=O) groups excluding carboxylic acids is 1. The Morgan fingerprint density at radius 3 is 2.59 bits per heavy atom. The minimum atomic E-state index is -0.890. The molecule has 2 unspecified atom stereocenters. The van der Waals surface area contributed by atoms with Gasteiger partial charge in [0.05, 0.1) is 11.7 Å². The fraction of sp³-hybridized carbons (Fsp3) is 0.300. The van der Waals surface area contributed by atoms with E-state index in [4.69, 9.17) is 23.2 Å². The molecular formula is C20H19Cl2NO3S. The molecular weight excluding hydrogens is 405 g/mol. The van der Waals surface area contributed by atoms with Crippen molar-refractivity contribution < 1.29 is 14.7 Å². The van der Waals surface area contributed by atoms with Gasteiger partial charge in [0.25, 0.3) is 0 Å². The molecule has 0 saturated heterocycles. The number of carboxylic acids is 1. The third-order valence-electron chi connectivity index (χ3n) is 4.47. The van der Waals surface area contributed by atoms with E-state index < -0.39 is 5.97 Å². The van der Waals surface area contributed by atoms with Crippen LogP contribution in [0.25, 0.3) is 0 Å². The van der Waals surface area contributed by atoms with Crippen LogP contribution >= 0.6 is 35.0 Å². The molecule has 1 N–H and O–H groups in total. The zero-order chi connectivity index (χ0) is 19.6. The molecule has 142 valence electrons. The van der Waals surface area contributed by atoms with Gasteiger partial charge in [-0.05, 0) is 35.4 Å². The van der Waals surface area contributed by atoms with Crippen LogP contribution in [0.2, 0.25) is 10.0 Å². The number of benzene rings is 2. The average molecular weight is 424 g/mol. The van der Waals surface area contributed by atoms with Gasteiger partial charge in [0.1, 0.15) is 0 Å². The van der Waals surface area contributed by atoms with Crippen molar-refractivity contribution in [3.8, 4) is 0 Å². The van der Waals surface area contributed by atoms with Crippen molar-refractivity contribution in [3.05, 3.63) is 63.6 Å². The van der Waals surface area contributed by atoms with E-state index in [1.54, 1.807) is 17.9 Å². The zero-order valence-electron chi connectivity index (χ0n) is 14.7. The number of halogens is 2. The van der Waals surface area contributed by atoms with Crippen LogP contribution < -0.4 is 4.90 Å². The van der Waals surface area contributed by atoms with Crippen LogP contribution in [0.3, 0.4) is 0 Å². The largest absolute Gasteiger partial charge is 0.481 e. The number of aliphatic carboxylic acids is 1. The van der Waals surface area contributed by atoms with E-state index in [1.807, 2.05) is 36.4 Å². The van der Waals surface area contributed by atoms with Crippen molar-refractivity contribution in [2.24, 2.45) is 0 Å². The van der Waals surface area contributed by atoms with Gasteiger partial charge in [0, 0.05) is 33.9 Å². The first-order chi connectivity index (χ1) is 12.9. The Balaban J connectivity index is 2.18. The van der Waals surface area contributed by atoms with Crippen LogP contribution in [0.15, 0.2) is 42.5 Å². The van der Waals surface area contributed by atoms with Crippen molar-refractivity contribution >= 4 is 52.5 Å². The monoisotopic (exact) mass is 423 g/mol. The molecule has 2 aromatic carbocycles. The lowest BCUT2D eigenvalue weighted by atomic mass is 10.0. The van der Waals surface area contributed by atoms with Crippen molar-refractivity contribution in [1.82, 2.24) is 0 Å². The number of thioether (sulfide) groups is 1. The Labute approximate surface area is 172 Å². The van der Waals surface area contributed by atoms with E-state index in [2.05, 4.69) is 0 Å². The number of hydrogen-bond acceptors (Lipinski definition) is 3. The highest BCUT2D eigenvalue weighted by Crippen LogP contribution is 2.48. The van der Waals surface area contributed by atoms with E-state index in [0.29, 0.717) is 23.0 Å². The molecule has 0 spiro atoms. The number of nitrogens with zero attached hydrogens (tertiary/aromatic N) is 1. The van der Waals surface area contributed by atoms with Crippen molar-refractivity contribution in [2.75, 3.05) is 11.4 Å². The van der Waals surface area contributed by atoms with Crippen LogP contribution in [-0.4, -0.2) is 28.8 Å². The molecule has 3 rings (SSSR count). The van der Waals surface area contributed by atoms with E-state index in [9.17, 15) is 14.7 Å². The second kappa shape index (κ2) is 8.55. The highest BCUT2D eigenvalue weighted by molar-refractivity contribution is 8.00. The minimum Gasteiger partial charge on any atom is -0.481 e. The summed E-state index contributed by atoms with van der Waals surface area (Å²) >= 11 is 14.2. The summed E-state index contributed by atoms with van der Waals surface area (Å²) in [5.41, 5.74) is 2.51. The first-order valence-electron chi connectivity index (χ1n) is 8.62. The Bertz CT molecular complexity index is 874. The smallest absolute Gasteiger partial charge is 0.304 e. The fourth-order valence-electron chi connectivity index (χ4n) is 3.25. The third-order valence-corrected chi connectivity index (χ3v) is 6.53. The third kappa shape index (κ3) is 4.42. The highest BCUT2D eigenvalue weighted by atomic mass is 35.5. The van der Waals surface area contributed by atoms with Gasteiger partial charge < -0.3 is 10.0 Å². The SMILES string of the molecule is CCC(=O)N1CC(CC(=O)O)SC(c2ccccc2Cl)c2cc(Cl)ccc21. The fourth-order valence-corrected chi connectivity index (χ4v) is 5.29. The molecule has 0 aromatic heterocycles. The standard InChI is InChI=1S/C20H19Cl2NO3S/c1-2-18(24)23-11-13(10-19(25)26)27-20(14-5-3-4-6-16(14)22)15-9-12(21)7-8-17(15)23/h3-9,13,20H,2,10-11H2,1H3,(H,25,26). The molecule has 2 atom stereocenters. The zero-order valence-corrected chi connectivity index (χ0v) is 17.0. The normalized spacial score (nSPS) is 19.3. The molecule has 1 amide bonds. The second-order valence-corrected chi connectivity index (χ2v) is 8.57. The Morgan fingerprint density at radius 2 is 1.93 bits per heavy atom. The number of amides is 1. The first-order valence-corrected chi connectivity index (χ1v) is 10.3. The maximum atomic E-state index is 12.6. The van der Waals surface area contributed by atoms with Crippen LogP contribution in [0.5, 0.6) is 0 Å². The van der Waals surface area contributed by atoms with Crippen LogP contribution in [0.4, 0.5) is 5.69 Å². The second-order valence-electron chi connectivity index (χ2n) is 6.32. The molecule has 0 saturated carbocycles. The summed E-state index contributed by atoms with van der Waals surface area (Å²) in [5.74, 6) is -0.937. The lowest BCUT2D eigenvalue weighted by Crippen LogP contribution is -2.36. The maximum Gasteiger partial charge on any atom is 0.304 e. The van der Waals surface area contributed by atoms with Crippen molar-refractivity contribution in [1.29, 1.82) is 0 Å². The molecule has 27 heavy (non-hydrogen) atoms. The molecule has 0 aliphatic carbocycles. The predicted molar refractivity (Wildman–Crippen MR) is 111 cm³/mol. The number of carbonyl (C=O) groups is 2. The molecule has 7 heteroatoms. The molecule has 2 aromatic rings. The average Bonchev–Trinajstić information content (AvgIpc) is 2.78. The summed E-state index contributed by atoms with van der Waals surface area (Å²) in [7, 11) is 0. The van der Waals surface area contributed by atoms with Gasteiger partial charge in [-0.1, -0.05) is 48.3 Å². The molecule has 4 nitrogen and oxygen atoms in total. The summed E-state index contributed by atoms with van der Waals surface area (Å²) in [6.07, 6.45) is 0.296. The van der Waals surface area contributed by atoms with Gasteiger partial charge in [0.15, 0.2) is 0 Å². The van der Waals surface area contributed by atoms with Gasteiger partial charge in [-0.2, -0.15) is 0 Å². The van der Waals surface area contributed by atoms with Crippen molar-refractivity contribution in [2.45, 2.75) is 30.3 Å². The van der Waals surface area contributed by atoms with E-state index in [-0.39, 0.29) is 22.8 Å². The summed E-state index contributed by atoms with van der Waals surface area (Å²) in [4.78, 5) is 25.7. The minimum absolute atomic E-state index is 0.0408. The first kappa shape index (κ1) is 20.1. The molecule has 0 radical (unpaired) electrons. The maximum absolute atomic E-state index is 12.6. The Hall–Kier alpha value is -1.69. The lowest BCUT2D eigenvalue weighted by Gasteiger charge is -2.24. The predicted octanol–water partition coefficient (Wildman–Crippen LogP) is 5.42. The summed E-state index contributed by atoms with van der Waals surface area (Å²) < 4.78 is 0. The number of fused-ring (bicyclic) bond motifs is 1. The van der Waals surface area contributed by atoms with E-state index >= 15 is 0 Å². The van der Waals surface area contributed by atoms with Gasteiger partial charge in [-0.3, -0.25) is 9.59 Å².